The Labute approximate surface area is 80.9 Å². The number of amides is 1. The van der Waals surface area contributed by atoms with E-state index in [0.717, 1.165) is 6.42 Å². The second-order valence-electron chi connectivity index (χ2n) is 3.08. The Morgan fingerprint density at radius 3 is 2.71 bits per heavy atom. The zero-order chi connectivity index (χ0) is 10.6. The molecule has 0 bridgehead atoms. The molecule has 0 aromatic carbocycles. The molecule has 1 aliphatic rings. The van der Waals surface area contributed by atoms with Crippen LogP contribution in [0.25, 0.3) is 0 Å². The monoisotopic (exact) mass is 203 g/mol. The molecule has 3 N–H and O–H groups in total. The lowest BCUT2D eigenvalue weighted by molar-refractivity contribution is -0.144. The lowest BCUT2D eigenvalue weighted by Gasteiger charge is -2.14. The molecule has 1 amide bonds. The fourth-order valence-corrected chi connectivity index (χ4v) is 1.23. The molecule has 0 spiro atoms. The van der Waals surface area contributed by atoms with Crippen molar-refractivity contribution in [3.05, 3.63) is 0 Å². The van der Waals surface area contributed by atoms with Crippen molar-refractivity contribution < 1.29 is 24.5 Å². The smallest absolute Gasteiger partial charge is 0.328 e. The summed E-state index contributed by atoms with van der Waals surface area (Å²) in [6.07, 6.45) is 0.835. The standard InChI is InChI=1S/C8H13NO5/c10-4-5(8(12)13)9-7(11)6-2-1-3-14-6/h5-6,10H,1-4H2,(H,9,11)(H,12,13). The number of carboxylic acids is 1. The van der Waals surface area contributed by atoms with E-state index in [0.29, 0.717) is 13.0 Å². The molecule has 1 fully saturated rings. The minimum Gasteiger partial charge on any atom is -0.480 e. The quantitative estimate of drug-likeness (QED) is 0.529. The number of hydrogen-bond acceptors (Lipinski definition) is 4. The number of aliphatic carboxylic acids is 1. The van der Waals surface area contributed by atoms with Gasteiger partial charge in [-0.2, -0.15) is 0 Å². The number of carbonyl (C=O) groups is 2. The SMILES string of the molecule is O=C(O)C(CO)NC(=O)C1CCCO1. The van der Waals surface area contributed by atoms with E-state index in [2.05, 4.69) is 5.32 Å². The fourth-order valence-electron chi connectivity index (χ4n) is 1.23. The van der Waals surface area contributed by atoms with Crippen LogP contribution >= 0.6 is 0 Å². The molecule has 0 radical (unpaired) electrons. The molecule has 6 nitrogen and oxygen atoms in total. The van der Waals surface area contributed by atoms with Crippen molar-refractivity contribution in [1.29, 1.82) is 0 Å². The molecule has 0 saturated carbocycles. The largest absolute Gasteiger partial charge is 0.480 e. The van der Waals surface area contributed by atoms with Crippen molar-refractivity contribution in [2.24, 2.45) is 0 Å². The third-order valence-corrected chi connectivity index (χ3v) is 2.02. The van der Waals surface area contributed by atoms with Crippen LogP contribution in [0.2, 0.25) is 0 Å². The second-order valence-corrected chi connectivity index (χ2v) is 3.08. The summed E-state index contributed by atoms with van der Waals surface area (Å²) in [5.74, 6) is -1.72. The zero-order valence-electron chi connectivity index (χ0n) is 7.60. The van der Waals surface area contributed by atoms with E-state index >= 15 is 0 Å². The van der Waals surface area contributed by atoms with Crippen LogP contribution in [0.4, 0.5) is 0 Å². The number of hydrogen-bond donors (Lipinski definition) is 3. The van der Waals surface area contributed by atoms with Crippen LogP contribution < -0.4 is 5.32 Å². The van der Waals surface area contributed by atoms with Crippen molar-refractivity contribution in [3.8, 4) is 0 Å². The van der Waals surface area contributed by atoms with E-state index in [4.69, 9.17) is 14.9 Å². The highest BCUT2D eigenvalue weighted by atomic mass is 16.5. The van der Waals surface area contributed by atoms with Gasteiger partial charge >= 0.3 is 5.97 Å². The van der Waals surface area contributed by atoms with Crippen molar-refractivity contribution >= 4 is 11.9 Å². The predicted molar refractivity (Wildman–Crippen MR) is 45.6 cm³/mol. The second kappa shape index (κ2) is 4.92. The Morgan fingerprint density at radius 1 is 1.57 bits per heavy atom. The number of nitrogens with one attached hydrogen (secondary N) is 1. The molecular formula is C8H13NO5. The topological polar surface area (TPSA) is 95.9 Å². The van der Waals surface area contributed by atoms with Crippen LogP contribution in [0.3, 0.4) is 0 Å². The van der Waals surface area contributed by atoms with Crippen LogP contribution in [0.15, 0.2) is 0 Å². The number of aliphatic hydroxyl groups excluding tert-OH is 1. The first-order valence-electron chi connectivity index (χ1n) is 4.40. The van der Waals surface area contributed by atoms with Crippen LogP contribution in [0.5, 0.6) is 0 Å². The van der Waals surface area contributed by atoms with Gasteiger partial charge in [0.2, 0.25) is 5.91 Å². The first-order valence-corrected chi connectivity index (χ1v) is 4.40. The molecule has 1 saturated heterocycles. The molecule has 14 heavy (non-hydrogen) atoms. The zero-order valence-corrected chi connectivity index (χ0v) is 7.60. The van der Waals surface area contributed by atoms with Crippen molar-refractivity contribution in [2.45, 2.75) is 25.0 Å². The summed E-state index contributed by atoms with van der Waals surface area (Å²) in [6.45, 7) is -0.0945. The lowest BCUT2D eigenvalue weighted by atomic mass is 10.2. The summed E-state index contributed by atoms with van der Waals surface area (Å²) in [5, 5.41) is 19.4. The van der Waals surface area contributed by atoms with Crippen molar-refractivity contribution in [2.75, 3.05) is 13.2 Å². The Kier molecular flexibility index (Phi) is 3.84. The van der Waals surface area contributed by atoms with E-state index in [9.17, 15) is 9.59 Å². The average Bonchev–Trinajstić information content (AvgIpc) is 2.65. The highest BCUT2D eigenvalue weighted by molar-refractivity contribution is 5.86. The molecule has 1 aliphatic heterocycles. The van der Waals surface area contributed by atoms with E-state index in [1.165, 1.54) is 0 Å². The van der Waals surface area contributed by atoms with Crippen LogP contribution in [-0.4, -0.2) is 47.4 Å². The van der Waals surface area contributed by atoms with E-state index in [-0.39, 0.29) is 0 Å². The van der Waals surface area contributed by atoms with E-state index < -0.39 is 30.6 Å². The first-order chi connectivity index (χ1) is 6.65. The number of carbonyl (C=O) groups excluding carboxylic acids is 1. The van der Waals surface area contributed by atoms with Crippen LogP contribution in [0.1, 0.15) is 12.8 Å². The highest BCUT2D eigenvalue weighted by Crippen LogP contribution is 2.11. The maximum Gasteiger partial charge on any atom is 0.328 e. The molecule has 1 rings (SSSR count). The van der Waals surface area contributed by atoms with Gasteiger partial charge in [-0.25, -0.2) is 4.79 Å². The summed E-state index contributed by atoms with van der Waals surface area (Å²) >= 11 is 0. The summed E-state index contributed by atoms with van der Waals surface area (Å²) < 4.78 is 5.05. The summed E-state index contributed by atoms with van der Waals surface area (Å²) in [6, 6.07) is -1.24. The number of ether oxygens (including phenoxy) is 1. The Balaban J connectivity index is 2.41. The summed E-state index contributed by atoms with van der Waals surface area (Å²) in [5.41, 5.74) is 0. The molecule has 2 atom stereocenters. The van der Waals surface area contributed by atoms with Crippen molar-refractivity contribution in [1.82, 2.24) is 5.32 Å². The molecule has 2 unspecified atom stereocenters. The number of carboxylic acid groups (broad SMARTS) is 1. The molecule has 0 aromatic heterocycles. The Bertz CT molecular complexity index is 224. The fraction of sp³-hybridized carbons (Fsp3) is 0.750. The van der Waals surface area contributed by atoms with Crippen LogP contribution in [-0.2, 0) is 14.3 Å². The first kappa shape index (κ1) is 10.9. The third kappa shape index (κ3) is 2.68. The third-order valence-electron chi connectivity index (χ3n) is 2.02. The Hall–Kier alpha value is -1.14. The van der Waals surface area contributed by atoms with Gasteiger partial charge in [0.15, 0.2) is 0 Å². The van der Waals surface area contributed by atoms with Crippen molar-refractivity contribution in [3.63, 3.8) is 0 Å². The lowest BCUT2D eigenvalue weighted by Crippen LogP contribution is -2.47. The van der Waals surface area contributed by atoms with Gasteiger partial charge in [0.05, 0.1) is 6.61 Å². The van der Waals surface area contributed by atoms with Gasteiger partial charge in [-0.1, -0.05) is 0 Å². The number of aliphatic hydroxyl groups is 1. The van der Waals surface area contributed by atoms with Gasteiger partial charge in [-0.3, -0.25) is 4.79 Å². The highest BCUT2D eigenvalue weighted by Gasteiger charge is 2.27. The normalized spacial score (nSPS) is 23.1. The minimum absolute atomic E-state index is 0.469. The van der Waals surface area contributed by atoms with E-state index in [1.54, 1.807) is 0 Å². The predicted octanol–water partition coefficient (Wildman–Crippen LogP) is -1.27. The molecule has 0 aliphatic carbocycles. The van der Waals surface area contributed by atoms with Crippen LogP contribution in [0, 0.1) is 0 Å². The molecule has 1 heterocycles. The van der Waals surface area contributed by atoms with Gasteiger partial charge < -0.3 is 20.3 Å². The Morgan fingerprint density at radius 2 is 2.29 bits per heavy atom. The maximum atomic E-state index is 11.3. The van der Waals surface area contributed by atoms with Gasteiger partial charge in [-0.15, -0.1) is 0 Å². The minimum atomic E-state index is -1.25. The molecular weight excluding hydrogens is 190 g/mol. The van der Waals surface area contributed by atoms with Gasteiger partial charge in [0.1, 0.15) is 12.1 Å². The molecule has 0 aromatic rings. The van der Waals surface area contributed by atoms with E-state index in [1.807, 2.05) is 0 Å². The maximum absolute atomic E-state index is 11.3. The molecule has 80 valence electrons. The molecule has 6 heteroatoms. The van der Waals surface area contributed by atoms with Gasteiger partial charge in [0, 0.05) is 6.61 Å². The van der Waals surface area contributed by atoms with Gasteiger partial charge in [-0.05, 0) is 12.8 Å². The summed E-state index contributed by atoms with van der Waals surface area (Å²) in [4.78, 5) is 21.8. The average molecular weight is 203 g/mol. The van der Waals surface area contributed by atoms with Gasteiger partial charge in [0.25, 0.3) is 0 Å². The summed E-state index contributed by atoms with van der Waals surface area (Å²) in [7, 11) is 0. The number of rotatable bonds is 4.